The van der Waals surface area contributed by atoms with E-state index in [9.17, 15) is 15.2 Å². The molecule has 1 rings (SSSR count). The maximum Gasteiger partial charge on any atom is 0.311 e. The molecule has 0 aliphatic heterocycles. The Kier molecular flexibility index (Phi) is 6.23. The van der Waals surface area contributed by atoms with Gasteiger partial charge in [-0.1, -0.05) is 12.1 Å². The van der Waals surface area contributed by atoms with Crippen LogP contribution >= 0.6 is 12.4 Å². The van der Waals surface area contributed by atoms with Gasteiger partial charge in [-0.2, -0.15) is 0 Å². The number of nitrogens with two attached hydrogens (primary N) is 1. The van der Waals surface area contributed by atoms with E-state index in [0.717, 1.165) is 6.42 Å². The maximum absolute atomic E-state index is 10.6. The van der Waals surface area contributed by atoms with E-state index in [2.05, 4.69) is 6.58 Å². The van der Waals surface area contributed by atoms with Crippen molar-refractivity contribution in [1.82, 2.24) is 0 Å². The summed E-state index contributed by atoms with van der Waals surface area (Å²) in [5.41, 5.74) is 6.18. The quantitative estimate of drug-likeness (QED) is 0.483. The second-order valence-corrected chi connectivity index (χ2v) is 3.48. The first kappa shape index (κ1) is 15.4. The van der Waals surface area contributed by atoms with Crippen LogP contribution in [0.2, 0.25) is 0 Å². The van der Waals surface area contributed by atoms with Crippen LogP contribution in [0.15, 0.2) is 30.9 Å². The summed E-state index contributed by atoms with van der Waals surface area (Å²) in [6.07, 6.45) is 3.16. The van der Waals surface area contributed by atoms with Gasteiger partial charge in [-0.25, -0.2) is 0 Å². The number of halogens is 1. The van der Waals surface area contributed by atoms with Crippen LogP contribution in [0.4, 0.5) is 5.69 Å². The van der Waals surface area contributed by atoms with E-state index < -0.39 is 4.92 Å². The first-order valence-corrected chi connectivity index (χ1v) is 4.90. The fourth-order valence-corrected chi connectivity index (χ4v) is 1.38. The number of nitrogens with zero attached hydrogens (tertiary/aromatic N) is 1. The van der Waals surface area contributed by atoms with Crippen molar-refractivity contribution in [2.45, 2.75) is 18.9 Å². The average Bonchev–Trinajstić information content (AvgIpc) is 2.26. The molecule has 0 aromatic heterocycles. The molecule has 1 aromatic rings. The smallest absolute Gasteiger partial charge is 0.311 e. The number of nitro groups is 1. The number of hydrogen-bond acceptors (Lipinski definition) is 4. The summed E-state index contributed by atoms with van der Waals surface area (Å²) >= 11 is 0. The molecule has 94 valence electrons. The number of aromatic hydroxyl groups is 1. The fourth-order valence-electron chi connectivity index (χ4n) is 1.38. The standard InChI is InChI=1S/C11H14N2O3.ClH/c1-2-3-4-9(12)8-5-6-11(14)10(7-8)13(15)16;/h2,5-7,9,14H,1,3-4,12H2;1H/t9-;/m1./s1. The lowest BCUT2D eigenvalue weighted by atomic mass is 10.0. The van der Waals surface area contributed by atoms with Crippen LogP contribution in [-0.2, 0) is 0 Å². The van der Waals surface area contributed by atoms with Crippen molar-refractivity contribution in [3.63, 3.8) is 0 Å². The molecular formula is C11H15ClN2O3. The molecule has 0 amide bonds. The molecule has 0 spiro atoms. The lowest BCUT2D eigenvalue weighted by Gasteiger charge is -2.10. The van der Waals surface area contributed by atoms with Gasteiger partial charge in [-0.05, 0) is 24.5 Å². The van der Waals surface area contributed by atoms with Crippen molar-refractivity contribution in [3.05, 3.63) is 46.5 Å². The Morgan fingerprint density at radius 2 is 2.24 bits per heavy atom. The van der Waals surface area contributed by atoms with E-state index in [1.54, 1.807) is 12.1 Å². The van der Waals surface area contributed by atoms with Crippen LogP contribution in [0.25, 0.3) is 0 Å². The highest BCUT2D eigenvalue weighted by Gasteiger charge is 2.16. The lowest BCUT2D eigenvalue weighted by molar-refractivity contribution is -0.385. The molecule has 0 radical (unpaired) electrons. The van der Waals surface area contributed by atoms with Gasteiger partial charge in [0.2, 0.25) is 0 Å². The topological polar surface area (TPSA) is 89.4 Å². The average molecular weight is 259 g/mol. The summed E-state index contributed by atoms with van der Waals surface area (Å²) in [7, 11) is 0. The molecule has 5 nitrogen and oxygen atoms in total. The van der Waals surface area contributed by atoms with Gasteiger partial charge in [0.15, 0.2) is 5.75 Å². The Labute approximate surface area is 106 Å². The van der Waals surface area contributed by atoms with Gasteiger partial charge in [0.05, 0.1) is 4.92 Å². The van der Waals surface area contributed by atoms with E-state index in [-0.39, 0.29) is 29.9 Å². The van der Waals surface area contributed by atoms with Gasteiger partial charge in [-0.3, -0.25) is 10.1 Å². The minimum atomic E-state index is -0.626. The molecule has 17 heavy (non-hydrogen) atoms. The number of phenolic OH excluding ortho intramolecular Hbond substituents is 1. The van der Waals surface area contributed by atoms with E-state index in [4.69, 9.17) is 5.73 Å². The monoisotopic (exact) mass is 258 g/mol. The second-order valence-electron chi connectivity index (χ2n) is 3.48. The van der Waals surface area contributed by atoms with Crippen LogP contribution < -0.4 is 5.73 Å². The molecule has 0 fully saturated rings. The van der Waals surface area contributed by atoms with Gasteiger partial charge in [-0.15, -0.1) is 19.0 Å². The van der Waals surface area contributed by atoms with Crippen LogP contribution in [0, 0.1) is 10.1 Å². The third kappa shape index (κ3) is 4.05. The first-order chi connectivity index (χ1) is 7.56. The Bertz CT molecular complexity index is 410. The van der Waals surface area contributed by atoms with E-state index in [0.29, 0.717) is 12.0 Å². The zero-order chi connectivity index (χ0) is 12.1. The molecule has 0 bridgehead atoms. The second kappa shape index (κ2) is 6.88. The Balaban J connectivity index is 0.00000256. The zero-order valence-electron chi connectivity index (χ0n) is 9.20. The first-order valence-electron chi connectivity index (χ1n) is 4.90. The highest BCUT2D eigenvalue weighted by Crippen LogP contribution is 2.29. The lowest BCUT2D eigenvalue weighted by Crippen LogP contribution is -2.10. The summed E-state index contributed by atoms with van der Waals surface area (Å²) in [5, 5.41) is 19.9. The van der Waals surface area contributed by atoms with E-state index in [1.165, 1.54) is 12.1 Å². The molecule has 0 aliphatic carbocycles. The molecule has 0 unspecified atom stereocenters. The van der Waals surface area contributed by atoms with Gasteiger partial charge in [0.1, 0.15) is 0 Å². The molecule has 6 heteroatoms. The van der Waals surface area contributed by atoms with Crippen LogP contribution in [0.1, 0.15) is 24.4 Å². The Morgan fingerprint density at radius 3 is 2.76 bits per heavy atom. The third-order valence-electron chi connectivity index (χ3n) is 2.31. The van der Waals surface area contributed by atoms with Crippen molar-refractivity contribution in [1.29, 1.82) is 0 Å². The van der Waals surface area contributed by atoms with Crippen molar-refractivity contribution in [3.8, 4) is 5.75 Å². The van der Waals surface area contributed by atoms with Gasteiger partial charge in [0.25, 0.3) is 0 Å². The van der Waals surface area contributed by atoms with Crippen LogP contribution in [-0.4, -0.2) is 10.0 Å². The highest BCUT2D eigenvalue weighted by molar-refractivity contribution is 5.85. The van der Waals surface area contributed by atoms with E-state index in [1.807, 2.05) is 0 Å². The minimum absolute atomic E-state index is 0. The SMILES string of the molecule is C=CCC[C@@H](N)c1ccc(O)c([N+](=O)[O-])c1.Cl. The van der Waals surface area contributed by atoms with Gasteiger partial charge < -0.3 is 10.8 Å². The molecule has 0 aliphatic rings. The maximum atomic E-state index is 10.6. The fraction of sp³-hybridized carbons (Fsp3) is 0.273. The predicted octanol–water partition coefficient (Wildman–Crippen LogP) is 2.69. The summed E-state index contributed by atoms with van der Waals surface area (Å²) < 4.78 is 0. The van der Waals surface area contributed by atoms with Crippen molar-refractivity contribution < 1.29 is 10.0 Å². The normalized spacial score (nSPS) is 11.4. The Hall–Kier alpha value is -1.59. The number of rotatable bonds is 5. The number of allylic oxidation sites excluding steroid dienone is 1. The van der Waals surface area contributed by atoms with Crippen LogP contribution in [0.5, 0.6) is 5.75 Å². The van der Waals surface area contributed by atoms with Crippen LogP contribution in [0.3, 0.4) is 0 Å². The van der Waals surface area contributed by atoms with E-state index >= 15 is 0 Å². The Morgan fingerprint density at radius 1 is 1.59 bits per heavy atom. The van der Waals surface area contributed by atoms with Gasteiger partial charge in [0, 0.05) is 12.1 Å². The van der Waals surface area contributed by atoms with Crippen molar-refractivity contribution >= 4 is 18.1 Å². The molecule has 3 N–H and O–H groups in total. The minimum Gasteiger partial charge on any atom is -0.502 e. The largest absolute Gasteiger partial charge is 0.502 e. The number of hydrogen-bond donors (Lipinski definition) is 2. The molecule has 0 saturated carbocycles. The summed E-state index contributed by atoms with van der Waals surface area (Å²) in [6.45, 7) is 3.58. The molecular weight excluding hydrogens is 244 g/mol. The molecule has 1 atom stereocenters. The summed E-state index contributed by atoms with van der Waals surface area (Å²) in [6, 6.07) is 3.91. The molecule has 0 heterocycles. The number of benzene rings is 1. The summed E-state index contributed by atoms with van der Waals surface area (Å²) in [4.78, 5) is 9.97. The molecule has 0 saturated heterocycles. The number of phenols is 1. The highest BCUT2D eigenvalue weighted by atomic mass is 35.5. The number of nitro benzene ring substituents is 1. The zero-order valence-corrected chi connectivity index (χ0v) is 10.0. The molecule has 1 aromatic carbocycles. The van der Waals surface area contributed by atoms with Gasteiger partial charge >= 0.3 is 5.69 Å². The predicted molar refractivity (Wildman–Crippen MR) is 68.4 cm³/mol. The third-order valence-corrected chi connectivity index (χ3v) is 2.31. The summed E-state index contributed by atoms with van der Waals surface area (Å²) in [5.74, 6) is -0.343. The van der Waals surface area contributed by atoms with Crippen molar-refractivity contribution in [2.75, 3.05) is 0 Å². The van der Waals surface area contributed by atoms with Crippen molar-refractivity contribution in [2.24, 2.45) is 5.73 Å².